The molecule has 1 saturated heterocycles. The van der Waals surface area contributed by atoms with Crippen molar-refractivity contribution in [2.24, 2.45) is 0 Å². The largest absolute Gasteiger partial charge is 0.508 e. The number of phenols is 2. The molecule has 0 spiro atoms. The number of anilines is 2. The highest BCUT2D eigenvalue weighted by Crippen LogP contribution is 2.43. The van der Waals surface area contributed by atoms with E-state index in [-0.39, 0.29) is 46.0 Å². The number of phenolic OH excluding ortho intramolecular Hbond substituents is 2. The molecule has 2 aromatic carbocycles. The number of benzene rings is 2. The topological polar surface area (TPSA) is 128 Å². The molecular weight excluding hydrogens is 476 g/mol. The molecule has 196 valence electrons. The van der Waals surface area contributed by atoms with E-state index in [1.807, 2.05) is 26.0 Å². The van der Waals surface area contributed by atoms with Crippen molar-refractivity contribution in [2.45, 2.75) is 26.7 Å². The third-order valence-corrected chi connectivity index (χ3v) is 6.36. The van der Waals surface area contributed by atoms with E-state index in [4.69, 9.17) is 9.26 Å². The van der Waals surface area contributed by atoms with Gasteiger partial charge in [-0.15, -0.1) is 0 Å². The van der Waals surface area contributed by atoms with Crippen molar-refractivity contribution in [3.63, 3.8) is 0 Å². The fourth-order valence-electron chi connectivity index (χ4n) is 4.34. The van der Waals surface area contributed by atoms with Crippen LogP contribution in [0.3, 0.4) is 0 Å². The number of aromatic nitrogens is 1. The maximum absolute atomic E-state index is 13.5. The van der Waals surface area contributed by atoms with Gasteiger partial charge in [0.25, 0.3) is 11.8 Å². The van der Waals surface area contributed by atoms with Crippen LogP contribution in [0.4, 0.5) is 11.4 Å². The molecule has 2 heterocycles. The molecule has 3 N–H and O–H groups in total. The number of nitrogens with one attached hydrogen (secondary N) is 1. The molecule has 10 nitrogen and oxygen atoms in total. The average Bonchev–Trinajstić information content (AvgIpc) is 3.33. The first kappa shape index (κ1) is 26.0. The Morgan fingerprint density at radius 3 is 2.41 bits per heavy atom. The summed E-state index contributed by atoms with van der Waals surface area (Å²) in [6.45, 7) is 8.79. The molecule has 0 atom stereocenters. The highest BCUT2D eigenvalue weighted by Gasteiger charge is 2.31. The number of hydrogen-bond donors (Lipinski definition) is 3. The molecule has 1 aliphatic heterocycles. The van der Waals surface area contributed by atoms with E-state index in [1.54, 1.807) is 25.1 Å². The molecule has 1 aliphatic rings. The van der Waals surface area contributed by atoms with E-state index < -0.39 is 5.91 Å². The Morgan fingerprint density at radius 1 is 1.11 bits per heavy atom. The summed E-state index contributed by atoms with van der Waals surface area (Å²) in [6, 6.07) is 10.0. The summed E-state index contributed by atoms with van der Waals surface area (Å²) in [6.07, 6.45) is 0. The molecule has 0 unspecified atom stereocenters. The lowest BCUT2D eigenvalue weighted by Gasteiger charge is -2.29. The summed E-state index contributed by atoms with van der Waals surface area (Å²) >= 11 is 0. The highest BCUT2D eigenvalue weighted by atomic mass is 16.5. The van der Waals surface area contributed by atoms with Gasteiger partial charge in [-0.25, -0.2) is 0 Å². The summed E-state index contributed by atoms with van der Waals surface area (Å²) in [5.74, 6) is -1.24. The van der Waals surface area contributed by atoms with Gasteiger partial charge in [-0.1, -0.05) is 19.0 Å². The Kier molecular flexibility index (Phi) is 7.68. The smallest absolute Gasteiger partial charge is 0.275 e. The van der Waals surface area contributed by atoms with Crippen molar-refractivity contribution in [3.05, 3.63) is 53.2 Å². The zero-order valence-electron chi connectivity index (χ0n) is 21.4. The second kappa shape index (κ2) is 10.9. The summed E-state index contributed by atoms with van der Waals surface area (Å²) in [5, 5.41) is 27.6. The van der Waals surface area contributed by atoms with E-state index in [1.165, 1.54) is 18.0 Å². The van der Waals surface area contributed by atoms with Gasteiger partial charge in [-0.3, -0.25) is 9.59 Å². The van der Waals surface area contributed by atoms with Gasteiger partial charge in [0.1, 0.15) is 17.2 Å². The average molecular weight is 509 g/mol. The van der Waals surface area contributed by atoms with Crippen molar-refractivity contribution in [3.8, 4) is 22.8 Å². The van der Waals surface area contributed by atoms with E-state index in [0.29, 0.717) is 30.9 Å². The van der Waals surface area contributed by atoms with Crippen LogP contribution in [0, 0.1) is 0 Å². The Hall–Kier alpha value is -4.05. The fourth-order valence-corrected chi connectivity index (χ4v) is 4.34. The Labute approximate surface area is 215 Å². The van der Waals surface area contributed by atoms with Crippen LogP contribution in [0.2, 0.25) is 0 Å². The van der Waals surface area contributed by atoms with Gasteiger partial charge >= 0.3 is 0 Å². The number of rotatable bonds is 7. The predicted molar refractivity (Wildman–Crippen MR) is 140 cm³/mol. The van der Waals surface area contributed by atoms with Gasteiger partial charge < -0.3 is 34.6 Å². The highest BCUT2D eigenvalue weighted by molar-refractivity contribution is 6.12. The molecule has 1 fully saturated rings. The Morgan fingerprint density at radius 2 is 1.78 bits per heavy atom. The molecular formula is C27H32N4O6. The first-order valence-electron chi connectivity index (χ1n) is 12.3. The van der Waals surface area contributed by atoms with Crippen LogP contribution in [-0.4, -0.2) is 67.1 Å². The second-order valence-electron chi connectivity index (χ2n) is 9.16. The first-order chi connectivity index (χ1) is 17.7. The minimum absolute atomic E-state index is 0.0430. The Bertz CT molecular complexity index is 1280. The molecule has 4 rings (SSSR count). The van der Waals surface area contributed by atoms with Gasteiger partial charge in [0.2, 0.25) is 0 Å². The lowest BCUT2D eigenvalue weighted by Crippen LogP contribution is -2.36. The van der Waals surface area contributed by atoms with Crippen LogP contribution >= 0.6 is 0 Å². The third kappa shape index (κ3) is 5.24. The van der Waals surface area contributed by atoms with E-state index in [0.717, 1.165) is 18.8 Å². The van der Waals surface area contributed by atoms with Gasteiger partial charge in [-0.05, 0) is 48.7 Å². The minimum Gasteiger partial charge on any atom is -0.508 e. The van der Waals surface area contributed by atoms with Crippen molar-refractivity contribution in [1.29, 1.82) is 0 Å². The predicted octanol–water partition coefficient (Wildman–Crippen LogP) is 3.74. The molecule has 0 saturated carbocycles. The number of nitrogens with zero attached hydrogens (tertiary/aromatic N) is 3. The summed E-state index contributed by atoms with van der Waals surface area (Å²) in [5.41, 5.74) is 2.21. The van der Waals surface area contributed by atoms with Crippen LogP contribution in [0.5, 0.6) is 11.5 Å². The number of morpholine rings is 1. The van der Waals surface area contributed by atoms with Gasteiger partial charge in [-0.2, -0.15) is 0 Å². The van der Waals surface area contributed by atoms with Crippen molar-refractivity contribution in [1.82, 2.24) is 10.5 Å². The molecule has 0 aliphatic carbocycles. The number of ether oxygens (including phenoxy) is 1. The number of hydrogen-bond acceptors (Lipinski definition) is 8. The molecule has 1 aromatic heterocycles. The zero-order valence-corrected chi connectivity index (χ0v) is 21.4. The minimum atomic E-state index is -0.517. The summed E-state index contributed by atoms with van der Waals surface area (Å²) in [4.78, 5) is 29.8. The quantitative estimate of drug-likeness (QED) is 0.440. The molecule has 10 heteroatoms. The lowest BCUT2D eigenvalue weighted by molar-refractivity contribution is 0.0947. The zero-order chi connectivity index (χ0) is 26.7. The van der Waals surface area contributed by atoms with Crippen molar-refractivity contribution in [2.75, 3.05) is 49.7 Å². The monoisotopic (exact) mass is 508 g/mol. The Balaban J connectivity index is 1.74. The molecule has 0 bridgehead atoms. The third-order valence-electron chi connectivity index (χ3n) is 6.36. The van der Waals surface area contributed by atoms with Crippen LogP contribution < -0.4 is 15.1 Å². The SMILES string of the molecule is CCNC(=O)c1noc(-c2cc(C(C)C)c(O)cc2O)c1N(C)C(=O)c1ccc(N2CCOCC2)cc1. The van der Waals surface area contributed by atoms with Crippen LogP contribution in [0.25, 0.3) is 11.3 Å². The normalized spacial score (nSPS) is 13.6. The van der Waals surface area contributed by atoms with E-state index in [9.17, 15) is 19.8 Å². The van der Waals surface area contributed by atoms with E-state index in [2.05, 4.69) is 15.4 Å². The maximum Gasteiger partial charge on any atom is 0.275 e. The molecule has 2 amide bonds. The van der Waals surface area contributed by atoms with Gasteiger partial charge in [0.15, 0.2) is 11.5 Å². The lowest BCUT2D eigenvalue weighted by atomic mass is 9.97. The van der Waals surface area contributed by atoms with Gasteiger partial charge in [0.05, 0.1) is 18.8 Å². The molecule has 0 radical (unpaired) electrons. The standard InChI is InChI=1S/C27H32N4O6/c1-5-28-26(34)23-24(25(37-29-23)20-14-19(16(2)3)21(32)15-22(20)33)30(4)27(35)17-6-8-18(9-7-17)31-10-12-36-13-11-31/h6-9,14-16,32-33H,5,10-13H2,1-4H3,(H,28,34). The molecule has 3 aromatic rings. The first-order valence-corrected chi connectivity index (χ1v) is 12.3. The maximum atomic E-state index is 13.5. The van der Waals surface area contributed by atoms with Crippen LogP contribution in [-0.2, 0) is 4.74 Å². The number of aromatic hydroxyl groups is 2. The molecule has 37 heavy (non-hydrogen) atoms. The second-order valence-corrected chi connectivity index (χ2v) is 9.16. The van der Waals surface area contributed by atoms with Crippen LogP contribution in [0.15, 0.2) is 40.9 Å². The number of amides is 2. The fraction of sp³-hybridized carbons (Fsp3) is 0.370. The summed E-state index contributed by atoms with van der Waals surface area (Å²) < 4.78 is 11.0. The van der Waals surface area contributed by atoms with Crippen molar-refractivity contribution >= 4 is 23.2 Å². The van der Waals surface area contributed by atoms with E-state index >= 15 is 0 Å². The van der Waals surface area contributed by atoms with Gasteiger partial charge in [0, 0.05) is 44.0 Å². The van der Waals surface area contributed by atoms with Crippen molar-refractivity contribution < 1.29 is 29.1 Å². The number of carbonyl (C=O) groups is 2. The summed E-state index contributed by atoms with van der Waals surface area (Å²) in [7, 11) is 1.53. The number of carbonyl (C=O) groups excluding carboxylic acids is 2. The van der Waals surface area contributed by atoms with Crippen LogP contribution in [0.1, 0.15) is 53.1 Å².